The average Bonchev–Trinajstić information content (AvgIpc) is 2.84. The molecule has 19 heavy (non-hydrogen) atoms. The lowest BCUT2D eigenvalue weighted by atomic mass is 9.90. The second-order valence-electron chi connectivity index (χ2n) is 5.78. The third kappa shape index (κ3) is 4.75. The van der Waals surface area contributed by atoms with E-state index in [1.165, 1.54) is 0 Å². The molecule has 112 valence electrons. The van der Waals surface area contributed by atoms with E-state index in [1.807, 2.05) is 0 Å². The molecule has 0 aromatic carbocycles. The van der Waals surface area contributed by atoms with Crippen LogP contribution in [-0.4, -0.2) is 49.0 Å². The number of amides is 1. The third-order valence-corrected chi connectivity index (χ3v) is 3.83. The predicted molar refractivity (Wildman–Crippen MR) is 75.0 cm³/mol. The van der Waals surface area contributed by atoms with Gasteiger partial charge in [-0.05, 0) is 32.7 Å². The van der Waals surface area contributed by atoms with E-state index in [4.69, 9.17) is 4.74 Å². The van der Waals surface area contributed by atoms with E-state index in [1.54, 1.807) is 14.0 Å². The van der Waals surface area contributed by atoms with E-state index in [0.29, 0.717) is 13.0 Å². The first-order valence-electron chi connectivity index (χ1n) is 7.20. The summed E-state index contributed by atoms with van der Waals surface area (Å²) in [6.45, 7) is 5.46. The van der Waals surface area contributed by atoms with E-state index < -0.39 is 11.1 Å². The summed E-state index contributed by atoms with van der Waals surface area (Å²) in [4.78, 5) is 12.4. The molecule has 0 aromatic rings. The first-order valence-corrected chi connectivity index (χ1v) is 7.20. The molecule has 1 fully saturated rings. The smallest absolute Gasteiger partial charge is 0.240 e. The number of aliphatic hydroxyl groups is 1. The van der Waals surface area contributed by atoms with Crippen molar-refractivity contribution >= 4 is 5.91 Å². The minimum Gasteiger partial charge on any atom is -0.388 e. The summed E-state index contributed by atoms with van der Waals surface area (Å²) in [6.07, 6.45) is 4.25. The standard InChI is InChI=1S/C14H28N2O3/c1-4-6-14(7-5-9-16-14)12(17)15-11-13(2,18)8-10-19-3/h16,18H,4-11H2,1-3H3,(H,15,17). The van der Waals surface area contributed by atoms with Crippen molar-refractivity contribution in [2.45, 2.75) is 57.1 Å². The summed E-state index contributed by atoms with van der Waals surface area (Å²) in [6, 6.07) is 0. The molecule has 1 heterocycles. The van der Waals surface area contributed by atoms with E-state index in [2.05, 4.69) is 17.6 Å². The summed E-state index contributed by atoms with van der Waals surface area (Å²) >= 11 is 0. The second-order valence-corrected chi connectivity index (χ2v) is 5.78. The lowest BCUT2D eigenvalue weighted by molar-refractivity contribution is -0.128. The van der Waals surface area contributed by atoms with Crippen LogP contribution in [0.1, 0.15) is 46.0 Å². The summed E-state index contributed by atoms with van der Waals surface area (Å²) in [7, 11) is 1.60. The Morgan fingerprint density at radius 1 is 1.58 bits per heavy atom. The molecule has 1 aliphatic heterocycles. The van der Waals surface area contributed by atoms with Gasteiger partial charge in [-0.15, -0.1) is 0 Å². The maximum Gasteiger partial charge on any atom is 0.240 e. The number of methoxy groups -OCH3 is 1. The first kappa shape index (κ1) is 16.4. The highest BCUT2D eigenvalue weighted by Gasteiger charge is 2.40. The monoisotopic (exact) mass is 272 g/mol. The van der Waals surface area contributed by atoms with Crippen LogP contribution in [0.3, 0.4) is 0 Å². The number of carbonyl (C=O) groups excluding carboxylic acids is 1. The molecule has 3 N–H and O–H groups in total. The molecule has 5 heteroatoms. The van der Waals surface area contributed by atoms with Crippen LogP contribution in [0, 0.1) is 0 Å². The number of nitrogens with one attached hydrogen (secondary N) is 2. The Hall–Kier alpha value is -0.650. The zero-order valence-electron chi connectivity index (χ0n) is 12.4. The van der Waals surface area contributed by atoms with Gasteiger partial charge < -0.3 is 20.5 Å². The lowest BCUT2D eigenvalue weighted by Gasteiger charge is -2.30. The van der Waals surface area contributed by atoms with Gasteiger partial charge in [-0.1, -0.05) is 13.3 Å². The summed E-state index contributed by atoms with van der Waals surface area (Å²) in [5.41, 5.74) is -1.34. The van der Waals surface area contributed by atoms with Gasteiger partial charge in [0.05, 0.1) is 11.1 Å². The summed E-state index contributed by atoms with van der Waals surface area (Å²) in [5.74, 6) is 0.0181. The topological polar surface area (TPSA) is 70.6 Å². The Morgan fingerprint density at radius 3 is 2.84 bits per heavy atom. The predicted octanol–water partition coefficient (Wildman–Crippen LogP) is 0.812. The lowest BCUT2D eigenvalue weighted by Crippen LogP contribution is -2.56. The highest BCUT2D eigenvalue weighted by atomic mass is 16.5. The maximum atomic E-state index is 12.4. The molecule has 0 aromatic heterocycles. The first-order chi connectivity index (χ1) is 8.96. The quantitative estimate of drug-likeness (QED) is 0.611. The number of hydrogen-bond acceptors (Lipinski definition) is 4. The van der Waals surface area contributed by atoms with Crippen LogP contribution in [0.2, 0.25) is 0 Å². The van der Waals surface area contributed by atoms with Crippen molar-refractivity contribution in [3.63, 3.8) is 0 Å². The minimum absolute atomic E-state index is 0.0181. The molecule has 0 saturated carbocycles. The number of hydrogen-bond donors (Lipinski definition) is 3. The van der Waals surface area contributed by atoms with Gasteiger partial charge in [-0.2, -0.15) is 0 Å². The van der Waals surface area contributed by atoms with Crippen LogP contribution in [-0.2, 0) is 9.53 Å². The second kappa shape index (κ2) is 7.22. The van der Waals surface area contributed by atoms with Gasteiger partial charge in [-0.3, -0.25) is 4.79 Å². The van der Waals surface area contributed by atoms with E-state index in [9.17, 15) is 9.90 Å². The zero-order chi connectivity index (χ0) is 14.4. The minimum atomic E-state index is -0.919. The van der Waals surface area contributed by atoms with Gasteiger partial charge >= 0.3 is 0 Å². The number of rotatable bonds is 8. The highest BCUT2D eigenvalue weighted by molar-refractivity contribution is 5.86. The molecule has 0 aliphatic carbocycles. The van der Waals surface area contributed by atoms with E-state index >= 15 is 0 Å². The summed E-state index contributed by atoms with van der Waals surface area (Å²) < 4.78 is 4.96. The largest absolute Gasteiger partial charge is 0.388 e. The molecule has 1 rings (SSSR count). The SMILES string of the molecule is CCCC1(C(=O)NCC(C)(O)CCOC)CCCN1. The van der Waals surface area contributed by atoms with Crippen molar-refractivity contribution in [3.8, 4) is 0 Å². The van der Waals surface area contributed by atoms with Crippen molar-refractivity contribution < 1.29 is 14.6 Å². The van der Waals surface area contributed by atoms with Gasteiger partial charge in [0.25, 0.3) is 0 Å². The van der Waals surface area contributed by atoms with Crippen LogP contribution < -0.4 is 10.6 Å². The van der Waals surface area contributed by atoms with Gasteiger partial charge in [0.2, 0.25) is 5.91 Å². The van der Waals surface area contributed by atoms with Gasteiger partial charge in [-0.25, -0.2) is 0 Å². The zero-order valence-corrected chi connectivity index (χ0v) is 12.4. The average molecular weight is 272 g/mol. The number of carbonyl (C=O) groups is 1. The fourth-order valence-electron chi connectivity index (χ4n) is 2.60. The third-order valence-electron chi connectivity index (χ3n) is 3.83. The fraction of sp³-hybridized carbons (Fsp3) is 0.929. The Morgan fingerprint density at radius 2 is 2.32 bits per heavy atom. The molecule has 0 bridgehead atoms. The maximum absolute atomic E-state index is 12.4. The molecule has 2 atom stereocenters. The van der Waals surface area contributed by atoms with Gasteiger partial charge in [0.1, 0.15) is 0 Å². The van der Waals surface area contributed by atoms with E-state index in [-0.39, 0.29) is 12.5 Å². The van der Waals surface area contributed by atoms with Crippen molar-refractivity contribution in [1.29, 1.82) is 0 Å². The Bertz CT molecular complexity index is 286. The van der Waals surface area contributed by atoms with Crippen LogP contribution in [0.5, 0.6) is 0 Å². The Labute approximate surface area is 116 Å². The molecule has 0 radical (unpaired) electrons. The molecule has 1 amide bonds. The van der Waals surface area contributed by atoms with Crippen LogP contribution >= 0.6 is 0 Å². The van der Waals surface area contributed by atoms with Crippen LogP contribution in [0.25, 0.3) is 0 Å². The van der Waals surface area contributed by atoms with Crippen molar-refractivity contribution in [3.05, 3.63) is 0 Å². The van der Waals surface area contributed by atoms with Crippen LogP contribution in [0.4, 0.5) is 0 Å². The normalized spacial score (nSPS) is 26.1. The fourth-order valence-corrected chi connectivity index (χ4v) is 2.60. The number of ether oxygens (including phenoxy) is 1. The molecular formula is C14H28N2O3. The van der Waals surface area contributed by atoms with Crippen LogP contribution in [0.15, 0.2) is 0 Å². The Balaban J connectivity index is 2.49. The Kier molecular flexibility index (Phi) is 6.23. The molecule has 2 unspecified atom stereocenters. The molecule has 1 saturated heterocycles. The van der Waals surface area contributed by atoms with E-state index in [0.717, 1.165) is 32.2 Å². The molecule has 1 aliphatic rings. The summed E-state index contributed by atoms with van der Waals surface area (Å²) in [5, 5.41) is 16.4. The van der Waals surface area contributed by atoms with Crippen molar-refractivity contribution in [1.82, 2.24) is 10.6 Å². The highest BCUT2D eigenvalue weighted by Crippen LogP contribution is 2.25. The molecule has 5 nitrogen and oxygen atoms in total. The van der Waals surface area contributed by atoms with Crippen molar-refractivity contribution in [2.75, 3.05) is 26.8 Å². The molecular weight excluding hydrogens is 244 g/mol. The molecule has 0 spiro atoms. The van der Waals surface area contributed by atoms with Gasteiger partial charge in [0.15, 0.2) is 0 Å². The van der Waals surface area contributed by atoms with Crippen molar-refractivity contribution in [2.24, 2.45) is 0 Å². The van der Waals surface area contributed by atoms with Gasteiger partial charge in [0, 0.05) is 26.7 Å².